The molecule has 3 nitrogen and oxygen atoms in total. The van der Waals surface area contributed by atoms with E-state index in [0.717, 1.165) is 37.0 Å². The normalized spacial score (nSPS) is 10.8. The lowest BCUT2D eigenvalue weighted by molar-refractivity contribution is -0.111. The van der Waals surface area contributed by atoms with Gasteiger partial charge in [-0.3, -0.25) is 4.79 Å². The van der Waals surface area contributed by atoms with E-state index in [-0.39, 0.29) is 5.91 Å². The van der Waals surface area contributed by atoms with Gasteiger partial charge in [-0.1, -0.05) is 22.9 Å². The van der Waals surface area contributed by atoms with Crippen LogP contribution in [-0.2, 0) is 11.2 Å². The van der Waals surface area contributed by atoms with Crippen LogP contribution in [0.5, 0.6) is 5.75 Å². The zero-order chi connectivity index (χ0) is 16.8. The monoisotopic (exact) mass is 485 g/mol. The highest BCUT2D eigenvalue weighted by Gasteiger charge is 2.05. The summed E-state index contributed by atoms with van der Waals surface area (Å²) in [5.74, 6) is 0.559. The molecule has 2 aromatic carbocycles. The highest BCUT2D eigenvalue weighted by atomic mass is 127. The smallest absolute Gasteiger partial charge is 0.248 e. The minimum Gasteiger partial charge on any atom is -0.496 e. The Kier molecular flexibility index (Phi) is 6.65. The molecular weight excluding hydrogens is 469 g/mol. The molecule has 0 aromatic heterocycles. The first-order chi connectivity index (χ1) is 11.0. The summed E-state index contributed by atoms with van der Waals surface area (Å²) in [6, 6.07) is 11.7. The minimum atomic E-state index is -0.164. The average Bonchev–Trinajstić information content (AvgIpc) is 2.54. The molecule has 0 radical (unpaired) electrons. The number of benzene rings is 2. The number of carbonyl (C=O) groups excluding carboxylic acids is 1. The quantitative estimate of drug-likeness (QED) is 0.462. The van der Waals surface area contributed by atoms with Gasteiger partial charge in [0.15, 0.2) is 0 Å². The highest BCUT2D eigenvalue weighted by molar-refractivity contribution is 14.1. The zero-order valence-corrected chi connectivity index (χ0v) is 16.6. The molecule has 0 atom stereocenters. The molecule has 23 heavy (non-hydrogen) atoms. The largest absolute Gasteiger partial charge is 0.496 e. The molecule has 0 heterocycles. The van der Waals surface area contributed by atoms with Gasteiger partial charge < -0.3 is 10.1 Å². The number of aryl methyl sites for hydroxylation is 1. The molecule has 0 aliphatic rings. The standard InChI is InChI=1S/C18H17BrINO2/c1-3-12-11-15(20)6-7-16(12)21-18(22)9-4-13-10-14(19)5-8-17(13)23-2/h4-11H,3H2,1-2H3,(H,21,22)/b9-4+. The molecule has 1 N–H and O–H groups in total. The van der Waals surface area contributed by atoms with Gasteiger partial charge in [0.1, 0.15) is 5.75 Å². The maximum absolute atomic E-state index is 12.2. The summed E-state index contributed by atoms with van der Waals surface area (Å²) in [6.07, 6.45) is 4.13. The van der Waals surface area contributed by atoms with Crippen LogP contribution in [0.2, 0.25) is 0 Å². The van der Waals surface area contributed by atoms with Crippen LogP contribution in [0.25, 0.3) is 6.08 Å². The lowest BCUT2D eigenvalue weighted by Gasteiger charge is -2.09. The van der Waals surface area contributed by atoms with E-state index in [4.69, 9.17) is 4.74 Å². The van der Waals surface area contributed by atoms with Crippen LogP contribution < -0.4 is 10.1 Å². The van der Waals surface area contributed by atoms with Crippen molar-refractivity contribution in [1.29, 1.82) is 0 Å². The second-order valence-corrected chi connectivity index (χ2v) is 7.03. The number of carbonyl (C=O) groups is 1. The molecule has 0 spiro atoms. The van der Waals surface area contributed by atoms with E-state index < -0.39 is 0 Å². The van der Waals surface area contributed by atoms with Crippen molar-refractivity contribution in [3.05, 3.63) is 61.6 Å². The number of rotatable bonds is 5. The molecule has 2 aromatic rings. The summed E-state index contributed by atoms with van der Waals surface area (Å²) < 4.78 is 7.39. The third-order valence-corrected chi connectivity index (χ3v) is 4.48. The van der Waals surface area contributed by atoms with E-state index in [1.54, 1.807) is 13.2 Å². The van der Waals surface area contributed by atoms with E-state index in [2.05, 4.69) is 56.8 Å². The van der Waals surface area contributed by atoms with E-state index >= 15 is 0 Å². The Morgan fingerprint density at radius 1 is 1.30 bits per heavy atom. The molecule has 1 amide bonds. The molecule has 0 fully saturated rings. The summed E-state index contributed by atoms with van der Waals surface area (Å²) in [7, 11) is 1.61. The fraction of sp³-hybridized carbons (Fsp3) is 0.167. The maximum atomic E-state index is 12.2. The van der Waals surface area contributed by atoms with Crippen molar-refractivity contribution in [1.82, 2.24) is 0 Å². The molecule has 0 bridgehead atoms. The summed E-state index contributed by atoms with van der Waals surface area (Å²) in [4.78, 5) is 12.2. The van der Waals surface area contributed by atoms with Crippen LogP contribution >= 0.6 is 38.5 Å². The number of nitrogens with one attached hydrogen (secondary N) is 1. The Morgan fingerprint density at radius 2 is 2.09 bits per heavy atom. The van der Waals surface area contributed by atoms with Crippen molar-refractivity contribution in [2.45, 2.75) is 13.3 Å². The third kappa shape index (κ3) is 5.07. The fourth-order valence-electron chi connectivity index (χ4n) is 2.15. The van der Waals surface area contributed by atoms with Crippen LogP contribution in [0.15, 0.2) is 46.9 Å². The Labute approximate surface area is 158 Å². The molecule has 0 saturated carbocycles. The Balaban J connectivity index is 2.15. The van der Waals surface area contributed by atoms with Gasteiger partial charge in [0, 0.05) is 25.4 Å². The van der Waals surface area contributed by atoms with Crippen molar-refractivity contribution in [3.8, 4) is 5.75 Å². The number of halogens is 2. The molecular formula is C18H17BrINO2. The first kappa shape index (κ1) is 18.0. The van der Waals surface area contributed by atoms with Gasteiger partial charge in [-0.15, -0.1) is 0 Å². The Bertz CT molecular complexity index is 744. The van der Waals surface area contributed by atoms with Crippen LogP contribution in [0.4, 0.5) is 5.69 Å². The second kappa shape index (κ2) is 8.49. The maximum Gasteiger partial charge on any atom is 0.248 e. The Morgan fingerprint density at radius 3 is 2.78 bits per heavy atom. The van der Waals surface area contributed by atoms with Crippen molar-refractivity contribution in [3.63, 3.8) is 0 Å². The molecule has 0 aliphatic heterocycles. The SMILES string of the molecule is CCc1cc(I)ccc1NC(=O)/C=C/c1cc(Br)ccc1OC. The van der Waals surface area contributed by atoms with Crippen LogP contribution in [0.3, 0.4) is 0 Å². The summed E-state index contributed by atoms with van der Waals surface area (Å²) >= 11 is 5.69. The first-order valence-electron chi connectivity index (χ1n) is 7.14. The third-order valence-electron chi connectivity index (χ3n) is 3.31. The van der Waals surface area contributed by atoms with E-state index in [9.17, 15) is 4.79 Å². The number of ether oxygens (including phenoxy) is 1. The van der Waals surface area contributed by atoms with E-state index in [0.29, 0.717) is 0 Å². The van der Waals surface area contributed by atoms with E-state index in [1.807, 2.05) is 30.3 Å². The molecule has 5 heteroatoms. The average molecular weight is 486 g/mol. The van der Waals surface area contributed by atoms with Crippen molar-refractivity contribution in [2.24, 2.45) is 0 Å². The lowest BCUT2D eigenvalue weighted by Crippen LogP contribution is -2.09. The molecule has 0 unspecified atom stereocenters. The number of amides is 1. The highest BCUT2D eigenvalue weighted by Crippen LogP contribution is 2.24. The topological polar surface area (TPSA) is 38.3 Å². The van der Waals surface area contributed by atoms with Crippen LogP contribution in [-0.4, -0.2) is 13.0 Å². The number of methoxy groups -OCH3 is 1. The lowest BCUT2D eigenvalue weighted by atomic mass is 10.1. The van der Waals surface area contributed by atoms with Gasteiger partial charge in [-0.25, -0.2) is 0 Å². The molecule has 0 saturated heterocycles. The van der Waals surface area contributed by atoms with Gasteiger partial charge in [-0.2, -0.15) is 0 Å². The van der Waals surface area contributed by atoms with E-state index in [1.165, 1.54) is 6.08 Å². The van der Waals surface area contributed by atoms with Gasteiger partial charge in [0.2, 0.25) is 5.91 Å². The summed E-state index contributed by atoms with van der Waals surface area (Å²) in [5, 5.41) is 2.93. The molecule has 0 aliphatic carbocycles. The van der Waals surface area contributed by atoms with Gasteiger partial charge in [0.25, 0.3) is 0 Å². The van der Waals surface area contributed by atoms with Gasteiger partial charge in [-0.05, 0) is 77.0 Å². The van der Waals surface area contributed by atoms with Gasteiger partial charge in [0.05, 0.1) is 7.11 Å². The number of anilines is 1. The zero-order valence-electron chi connectivity index (χ0n) is 12.9. The van der Waals surface area contributed by atoms with Crippen molar-refractivity contribution in [2.75, 3.05) is 12.4 Å². The van der Waals surface area contributed by atoms with Crippen molar-refractivity contribution >= 4 is 56.2 Å². The molecule has 120 valence electrons. The number of hydrogen-bond donors (Lipinski definition) is 1. The second-order valence-electron chi connectivity index (χ2n) is 4.86. The first-order valence-corrected chi connectivity index (χ1v) is 9.01. The summed E-state index contributed by atoms with van der Waals surface area (Å²) in [6.45, 7) is 2.07. The fourth-order valence-corrected chi connectivity index (χ4v) is 3.09. The Hall–Kier alpha value is -1.34. The van der Waals surface area contributed by atoms with Crippen LogP contribution in [0, 0.1) is 3.57 Å². The van der Waals surface area contributed by atoms with Crippen LogP contribution in [0.1, 0.15) is 18.1 Å². The summed E-state index contributed by atoms with van der Waals surface area (Å²) in [5.41, 5.74) is 2.82. The predicted molar refractivity (Wildman–Crippen MR) is 107 cm³/mol. The van der Waals surface area contributed by atoms with Crippen molar-refractivity contribution < 1.29 is 9.53 Å². The minimum absolute atomic E-state index is 0.164. The molecule has 2 rings (SSSR count). The van der Waals surface area contributed by atoms with Gasteiger partial charge >= 0.3 is 0 Å². The predicted octanol–water partition coefficient (Wildman–Crippen LogP) is 5.28. The number of hydrogen-bond acceptors (Lipinski definition) is 2.